The molecule has 1 aromatic heterocycles. The van der Waals surface area contributed by atoms with Crippen LogP contribution in [0.15, 0.2) is 48.5 Å². The second kappa shape index (κ2) is 10.9. The molecule has 1 fully saturated rings. The number of carbonyl (C=O) groups excluding carboxylic acids is 1. The summed E-state index contributed by atoms with van der Waals surface area (Å²) in [5.74, 6) is 0.117. The third kappa shape index (κ3) is 5.88. The molecule has 0 spiro atoms. The number of halogens is 1. The number of carbonyl (C=O) groups is 1. The maximum atomic E-state index is 12.3. The summed E-state index contributed by atoms with van der Waals surface area (Å²) in [4.78, 5) is 17.1. The average molecular weight is 454 g/mol. The van der Waals surface area contributed by atoms with Crippen LogP contribution in [0.4, 0.5) is 0 Å². The Labute approximate surface area is 195 Å². The van der Waals surface area contributed by atoms with Crippen LogP contribution < -0.4 is 5.32 Å². The Kier molecular flexibility index (Phi) is 7.79. The molecular weight excluding hydrogens is 422 g/mol. The number of hydrogen-bond donors (Lipinski definition) is 1. The fraction of sp³-hybridized carbons (Fsp3) is 0.440. The van der Waals surface area contributed by atoms with E-state index >= 15 is 0 Å². The first-order valence-corrected chi connectivity index (χ1v) is 11.9. The van der Waals surface area contributed by atoms with Crippen molar-refractivity contribution in [3.8, 4) is 11.3 Å². The van der Waals surface area contributed by atoms with Crippen LogP contribution in [0.1, 0.15) is 19.3 Å². The second-order valence-corrected chi connectivity index (χ2v) is 8.99. The van der Waals surface area contributed by atoms with Crippen LogP contribution in [0.5, 0.6) is 0 Å². The smallest absolute Gasteiger partial charge is 0.220 e. The summed E-state index contributed by atoms with van der Waals surface area (Å²) in [5, 5.41) is 9.66. The molecule has 0 bridgehead atoms. The number of hydrogen-bond acceptors (Lipinski definition) is 4. The van der Waals surface area contributed by atoms with Crippen molar-refractivity contribution in [2.24, 2.45) is 0 Å². The molecule has 1 aliphatic heterocycles. The topological polar surface area (TPSA) is 53.4 Å². The number of nitrogens with one attached hydrogen (secondary N) is 1. The van der Waals surface area contributed by atoms with Crippen LogP contribution in [-0.2, 0) is 11.3 Å². The molecule has 2 aromatic carbocycles. The van der Waals surface area contributed by atoms with E-state index in [4.69, 9.17) is 16.7 Å². The van der Waals surface area contributed by atoms with Crippen molar-refractivity contribution in [1.29, 1.82) is 0 Å². The highest BCUT2D eigenvalue weighted by Crippen LogP contribution is 2.30. The van der Waals surface area contributed by atoms with Crippen LogP contribution in [0.2, 0.25) is 5.02 Å². The molecule has 3 aromatic rings. The minimum absolute atomic E-state index is 0.117. The second-order valence-electron chi connectivity index (χ2n) is 8.55. The summed E-state index contributed by atoms with van der Waals surface area (Å²) in [6.07, 6.45) is 2.25. The zero-order chi connectivity index (χ0) is 22.3. The summed E-state index contributed by atoms with van der Waals surface area (Å²) < 4.78 is 1.99. The number of piperazine rings is 1. The van der Waals surface area contributed by atoms with Crippen LogP contribution in [0.3, 0.4) is 0 Å². The Bertz CT molecular complexity index is 1030. The monoisotopic (exact) mass is 453 g/mol. The van der Waals surface area contributed by atoms with Gasteiger partial charge in [-0.25, -0.2) is 0 Å². The normalized spacial score (nSPS) is 15.3. The third-order valence-electron chi connectivity index (χ3n) is 6.10. The fourth-order valence-electron chi connectivity index (χ4n) is 4.21. The quantitative estimate of drug-likeness (QED) is 0.499. The number of nitrogens with zero attached hydrogens (tertiary/aromatic N) is 4. The average Bonchev–Trinajstić information content (AvgIpc) is 3.16. The predicted octanol–water partition coefficient (Wildman–Crippen LogP) is 3.89. The molecule has 2 heterocycles. The summed E-state index contributed by atoms with van der Waals surface area (Å²) in [6.45, 7) is 7.00. The van der Waals surface area contributed by atoms with Crippen molar-refractivity contribution in [3.05, 3.63) is 53.6 Å². The number of fused-ring (bicyclic) bond motifs is 1. The van der Waals surface area contributed by atoms with Gasteiger partial charge in [0.25, 0.3) is 0 Å². The van der Waals surface area contributed by atoms with Crippen LogP contribution in [-0.4, -0.2) is 71.8 Å². The molecule has 32 heavy (non-hydrogen) atoms. The van der Waals surface area contributed by atoms with Gasteiger partial charge in [0.05, 0.1) is 5.52 Å². The Morgan fingerprint density at radius 2 is 1.81 bits per heavy atom. The lowest BCUT2D eigenvalue weighted by Crippen LogP contribution is -2.45. The van der Waals surface area contributed by atoms with Crippen molar-refractivity contribution in [2.75, 3.05) is 46.3 Å². The molecule has 1 saturated heterocycles. The lowest BCUT2D eigenvalue weighted by molar-refractivity contribution is -0.121. The van der Waals surface area contributed by atoms with Gasteiger partial charge in [-0.3, -0.25) is 9.48 Å². The van der Waals surface area contributed by atoms with Crippen molar-refractivity contribution < 1.29 is 4.79 Å². The lowest BCUT2D eigenvalue weighted by Gasteiger charge is -2.32. The van der Waals surface area contributed by atoms with Gasteiger partial charge in [-0.05, 0) is 44.6 Å². The highest BCUT2D eigenvalue weighted by atomic mass is 35.5. The lowest BCUT2D eigenvalue weighted by atomic mass is 10.1. The summed E-state index contributed by atoms with van der Waals surface area (Å²) in [6, 6.07) is 16.0. The number of amides is 1. The molecule has 1 amide bonds. The largest absolute Gasteiger partial charge is 0.356 e. The van der Waals surface area contributed by atoms with Gasteiger partial charge < -0.3 is 15.1 Å². The number of rotatable bonds is 9. The van der Waals surface area contributed by atoms with E-state index in [0.717, 1.165) is 74.3 Å². The molecule has 0 atom stereocenters. The van der Waals surface area contributed by atoms with Crippen molar-refractivity contribution in [3.63, 3.8) is 0 Å². The summed E-state index contributed by atoms with van der Waals surface area (Å²) in [5.41, 5.74) is 3.04. The molecule has 1 N–H and O–H groups in total. The zero-order valence-electron chi connectivity index (χ0n) is 18.8. The Balaban J connectivity index is 1.27. The van der Waals surface area contributed by atoms with E-state index < -0.39 is 0 Å². The number of likely N-dealkylation sites (N-methyl/N-ethyl adjacent to an activating group) is 1. The van der Waals surface area contributed by atoms with Crippen LogP contribution in [0, 0.1) is 0 Å². The van der Waals surface area contributed by atoms with Gasteiger partial charge in [0.1, 0.15) is 5.69 Å². The maximum Gasteiger partial charge on any atom is 0.220 e. The summed E-state index contributed by atoms with van der Waals surface area (Å²) in [7, 11) is 2.17. The van der Waals surface area contributed by atoms with E-state index in [1.807, 2.05) is 41.1 Å². The number of aryl methyl sites for hydroxylation is 1. The molecule has 0 unspecified atom stereocenters. The van der Waals surface area contributed by atoms with E-state index in [9.17, 15) is 4.79 Å². The molecule has 6 nitrogen and oxygen atoms in total. The van der Waals surface area contributed by atoms with Gasteiger partial charge in [-0.15, -0.1) is 0 Å². The standard InChI is InChI=1S/C25H32ClN5O/c1-29-15-17-30(18-16-29)13-6-12-27-24(32)9-5-14-31-23-11-10-21(26)19-22(23)25(28-31)20-7-3-2-4-8-20/h2-4,7-8,10-11,19H,5-6,9,12-18H2,1H3,(H,27,32). The van der Waals surface area contributed by atoms with Crippen LogP contribution in [0.25, 0.3) is 22.2 Å². The molecular formula is C25H32ClN5O. The molecule has 4 rings (SSSR count). The van der Waals surface area contributed by atoms with Crippen molar-refractivity contribution >= 4 is 28.4 Å². The van der Waals surface area contributed by atoms with Gasteiger partial charge >= 0.3 is 0 Å². The first kappa shape index (κ1) is 22.8. The Hall–Kier alpha value is -2.41. The van der Waals surface area contributed by atoms with Gasteiger partial charge in [0.15, 0.2) is 0 Å². The molecule has 7 heteroatoms. The molecule has 0 saturated carbocycles. The van der Waals surface area contributed by atoms with E-state index in [2.05, 4.69) is 34.3 Å². The molecule has 0 radical (unpaired) electrons. The molecule has 1 aliphatic rings. The Morgan fingerprint density at radius 1 is 1.03 bits per heavy atom. The van der Waals surface area contributed by atoms with E-state index in [1.54, 1.807) is 0 Å². The number of benzene rings is 2. The zero-order valence-corrected chi connectivity index (χ0v) is 19.5. The van der Waals surface area contributed by atoms with Gasteiger partial charge in [-0.2, -0.15) is 5.10 Å². The van der Waals surface area contributed by atoms with Crippen molar-refractivity contribution in [2.45, 2.75) is 25.8 Å². The molecule has 170 valence electrons. The van der Waals surface area contributed by atoms with E-state index in [-0.39, 0.29) is 5.91 Å². The fourth-order valence-corrected chi connectivity index (χ4v) is 4.38. The van der Waals surface area contributed by atoms with Crippen molar-refractivity contribution in [1.82, 2.24) is 24.9 Å². The van der Waals surface area contributed by atoms with Crippen LogP contribution >= 0.6 is 11.6 Å². The Morgan fingerprint density at radius 3 is 2.59 bits per heavy atom. The van der Waals surface area contributed by atoms with E-state index in [1.165, 1.54) is 0 Å². The minimum atomic E-state index is 0.117. The predicted molar refractivity (Wildman–Crippen MR) is 131 cm³/mol. The third-order valence-corrected chi connectivity index (χ3v) is 6.34. The van der Waals surface area contributed by atoms with Gasteiger partial charge in [0, 0.05) is 61.7 Å². The SMILES string of the molecule is CN1CCN(CCCNC(=O)CCCn2nc(-c3ccccc3)c3cc(Cl)ccc32)CC1. The van der Waals surface area contributed by atoms with E-state index in [0.29, 0.717) is 18.0 Å². The minimum Gasteiger partial charge on any atom is -0.356 e. The van der Waals surface area contributed by atoms with Gasteiger partial charge in [-0.1, -0.05) is 41.9 Å². The highest BCUT2D eigenvalue weighted by molar-refractivity contribution is 6.31. The summed E-state index contributed by atoms with van der Waals surface area (Å²) >= 11 is 6.25. The number of aromatic nitrogens is 2. The first-order valence-electron chi connectivity index (χ1n) is 11.5. The first-order chi connectivity index (χ1) is 15.6. The highest BCUT2D eigenvalue weighted by Gasteiger charge is 2.14. The molecule has 0 aliphatic carbocycles. The maximum absolute atomic E-state index is 12.3. The van der Waals surface area contributed by atoms with Gasteiger partial charge in [0.2, 0.25) is 5.91 Å².